The van der Waals surface area contributed by atoms with Crippen molar-refractivity contribution in [2.24, 2.45) is 0 Å². The summed E-state index contributed by atoms with van der Waals surface area (Å²) in [5.74, 6) is -0.226. The van der Waals surface area contributed by atoms with Gasteiger partial charge in [0, 0.05) is 10.0 Å². The van der Waals surface area contributed by atoms with Gasteiger partial charge in [-0.15, -0.1) is 0 Å². The predicted molar refractivity (Wildman–Crippen MR) is 58.0 cm³/mol. The molecule has 1 aromatic carbocycles. The standard InChI is InChI=1S/C10H12BrNO2/c1-3-14-12-10(13)8-4-7(2)5-9(11)6-8/h4-6H,3H2,1-2H3,(H,12,13). The van der Waals surface area contributed by atoms with Crippen molar-refractivity contribution in [3.8, 4) is 0 Å². The Morgan fingerprint density at radius 3 is 2.79 bits per heavy atom. The summed E-state index contributed by atoms with van der Waals surface area (Å²) in [5, 5.41) is 0. The molecule has 0 aliphatic rings. The van der Waals surface area contributed by atoms with Crippen LogP contribution in [0, 0.1) is 6.92 Å². The van der Waals surface area contributed by atoms with Crippen molar-refractivity contribution >= 4 is 21.8 Å². The Balaban J connectivity index is 2.79. The number of nitrogens with one attached hydrogen (secondary N) is 1. The van der Waals surface area contributed by atoms with Crippen molar-refractivity contribution in [1.82, 2.24) is 5.48 Å². The Morgan fingerprint density at radius 2 is 2.21 bits per heavy atom. The van der Waals surface area contributed by atoms with Crippen LogP contribution in [-0.2, 0) is 4.84 Å². The van der Waals surface area contributed by atoms with Gasteiger partial charge in [-0.05, 0) is 37.6 Å². The summed E-state index contributed by atoms with van der Waals surface area (Å²) in [7, 11) is 0. The molecular formula is C10H12BrNO2. The van der Waals surface area contributed by atoms with Crippen LogP contribution in [0.2, 0.25) is 0 Å². The number of amides is 1. The molecule has 0 saturated heterocycles. The number of hydrogen-bond donors (Lipinski definition) is 1. The molecule has 0 fully saturated rings. The van der Waals surface area contributed by atoms with E-state index in [2.05, 4.69) is 21.4 Å². The molecule has 3 nitrogen and oxygen atoms in total. The normalized spacial score (nSPS) is 9.93. The Hall–Kier alpha value is -0.870. The third-order valence-corrected chi connectivity index (χ3v) is 2.07. The van der Waals surface area contributed by atoms with E-state index in [1.54, 1.807) is 12.1 Å². The van der Waals surface area contributed by atoms with Gasteiger partial charge >= 0.3 is 0 Å². The summed E-state index contributed by atoms with van der Waals surface area (Å²) >= 11 is 3.33. The Kier molecular flexibility index (Phi) is 4.10. The first-order valence-corrected chi connectivity index (χ1v) is 5.12. The lowest BCUT2D eigenvalue weighted by atomic mass is 10.1. The maximum absolute atomic E-state index is 11.5. The highest BCUT2D eigenvalue weighted by Crippen LogP contribution is 2.15. The van der Waals surface area contributed by atoms with Crippen LogP contribution in [0.3, 0.4) is 0 Å². The molecule has 0 aliphatic carbocycles. The minimum Gasteiger partial charge on any atom is -0.274 e. The number of carbonyl (C=O) groups excluding carboxylic acids is 1. The third-order valence-electron chi connectivity index (χ3n) is 1.61. The topological polar surface area (TPSA) is 38.3 Å². The smallest absolute Gasteiger partial charge is 0.274 e. The maximum atomic E-state index is 11.5. The summed E-state index contributed by atoms with van der Waals surface area (Å²) in [5.41, 5.74) is 3.96. The van der Waals surface area contributed by atoms with Crippen LogP contribution in [0.15, 0.2) is 22.7 Å². The molecule has 0 aromatic heterocycles. The largest absolute Gasteiger partial charge is 0.274 e. The summed E-state index contributed by atoms with van der Waals surface area (Å²) in [6.45, 7) is 4.20. The summed E-state index contributed by atoms with van der Waals surface area (Å²) in [4.78, 5) is 16.3. The number of hydroxylamine groups is 1. The van der Waals surface area contributed by atoms with Gasteiger partial charge in [-0.3, -0.25) is 9.63 Å². The van der Waals surface area contributed by atoms with E-state index in [-0.39, 0.29) is 5.91 Å². The van der Waals surface area contributed by atoms with Crippen LogP contribution in [0.5, 0.6) is 0 Å². The lowest BCUT2D eigenvalue weighted by Crippen LogP contribution is -2.23. The first-order chi connectivity index (χ1) is 6.63. The Bertz CT molecular complexity index is 319. The van der Waals surface area contributed by atoms with Crippen LogP contribution in [0.1, 0.15) is 22.8 Å². The van der Waals surface area contributed by atoms with Crippen molar-refractivity contribution in [3.63, 3.8) is 0 Å². The number of benzene rings is 1. The zero-order valence-corrected chi connectivity index (χ0v) is 9.72. The van der Waals surface area contributed by atoms with Crippen molar-refractivity contribution < 1.29 is 9.63 Å². The minimum atomic E-state index is -0.226. The van der Waals surface area contributed by atoms with E-state index in [1.165, 1.54) is 0 Å². The zero-order valence-electron chi connectivity index (χ0n) is 8.13. The van der Waals surface area contributed by atoms with Crippen molar-refractivity contribution in [3.05, 3.63) is 33.8 Å². The Morgan fingerprint density at radius 1 is 1.50 bits per heavy atom. The second-order valence-electron chi connectivity index (χ2n) is 2.88. The van der Waals surface area contributed by atoms with Gasteiger partial charge in [-0.25, -0.2) is 5.48 Å². The van der Waals surface area contributed by atoms with Crippen LogP contribution >= 0.6 is 15.9 Å². The first kappa shape index (κ1) is 11.2. The molecule has 76 valence electrons. The van der Waals surface area contributed by atoms with E-state index in [9.17, 15) is 4.79 Å². The van der Waals surface area contributed by atoms with Crippen molar-refractivity contribution in [2.45, 2.75) is 13.8 Å². The fourth-order valence-electron chi connectivity index (χ4n) is 1.06. The first-order valence-electron chi connectivity index (χ1n) is 4.33. The lowest BCUT2D eigenvalue weighted by molar-refractivity contribution is 0.0364. The van der Waals surface area contributed by atoms with Crippen molar-refractivity contribution in [1.29, 1.82) is 0 Å². The van der Waals surface area contributed by atoms with Gasteiger partial charge in [0.15, 0.2) is 0 Å². The second kappa shape index (κ2) is 5.12. The maximum Gasteiger partial charge on any atom is 0.274 e. The molecule has 0 bridgehead atoms. The van der Waals surface area contributed by atoms with Gasteiger partial charge in [0.1, 0.15) is 0 Å². The van der Waals surface area contributed by atoms with Gasteiger partial charge in [0.2, 0.25) is 0 Å². The molecule has 0 radical (unpaired) electrons. The highest BCUT2D eigenvalue weighted by Gasteiger charge is 2.06. The number of hydrogen-bond acceptors (Lipinski definition) is 2. The van der Waals surface area contributed by atoms with E-state index in [1.807, 2.05) is 19.9 Å². The summed E-state index contributed by atoms with van der Waals surface area (Å²) in [6, 6.07) is 5.50. The Labute approximate surface area is 91.5 Å². The van der Waals surface area contributed by atoms with E-state index < -0.39 is 0 Å². The van der Waals surface area contributed by atoms with E-state index in [0.717, 1.165) is 10.0 Å². The SMILES string of the molecule is CCONC(=O)c1cc(C)cc(Br)c1. The monoisotopic (exact) mass is 257 g/mol. The lowest BCUT2D eigenvalue weighted by Gasteiger charge is -2.05. The van der Waals surface area contributed by atoms with Gasteiger partial charge in [0.05, 0.1) is 6.61 Å². The number of aryl methyl sites for hydroxylation is 1. The fourth-order valence-corrected chi connectivity index (χ4v) is 1.67. The molecule has 4 heteroatoms. The quantitative estimate of drug-likeness (QED) is 0.845. The molecule has 0 spiro atoms. The highest BCUT2D eigenvalue weighted by atomic mass is 79.9. The molecule has 1 rings (SSSR count). The van der Waals surface area contributed by atoms with E-state index in [4.69, 9.17) is 4.84 Å². The van der Waals surface area contributed by atoms with Crippen LogP contribution in [-0.4, -0.2) is 12.5 Å². The highest BCUT2D eigenvalue weighted by molar-refractivity contribution is 9.10. The van der Waals surface area contributed by atoms with Gasteiger partial charge in [0.25, 0.3) is 5.91 Å². The molecule has 1 amide bonds. The average Bonchev–Trinajstić information content (AvgIpc) is 2.12. The molecular weight excluding hydrogens is 246 g/mol. The molecule has 0 unspecified atom stereocenters. The zero-order chi connectivity index (χ0) is 10.6. The number of rotatable bonds is 3. The van der Waals surface area contributed by atoms with Crippen LogP contribution in [0.25, 0.3) is 0 Å². The number of carbonyl (C=O) groups is 1. The average molecular weight is 258 g/mol. The second-order valence-corrected chi connectivity index (χ2v) is 3.80. The summed E-state index contributed by atoms with van der Waals surface area (Å²) in [6.07, 6.45) is 0. The van der Waals surface area contributed by atoms with Crippen molar-refractivity contribution in [2.75, 3.05) is 6.61 Å². The van der Waals surface area contributed by atoms with E-state index in [0.29, 0.717) is 12.2 Å². The molecule has 0 saturated carbocycles. The summed E-state index contributed by atoms with van der Waals surface area (Å²) < 4.78 is 0.888. The third kappa shape index (κ3) is 3.12. The molecule has 14 heavy (non-hydrogen) atoms. The molecule has 1 aromatic rings. The molecule has 1 N–H and O–H groups in total. The van der Waals surface area contributed by atoms with E-state index >= 15 is 0 Å². The van der Waals surface area contributed by atoms with Crippen LogP contribution < -0.4 is 5.48 Å². The van der Waals surface area contributed by atoms with Gasteiger partial charge in [-0.1, -0.05) is 15.9 Å². The molecule has 0 heterocycles. The van der Waals surface area contributed by atoms with Crippen LogP contribution in [0.4, 0.5) is 0 Å². The predicted octanol–water partition coefficient (Wildman–Crippen LogP) is 2.44. The van der Waals surface area contributed by atoms with Gasteiger partial charge < -0.3 is 0 Å². The van der Waals surface area contributed by atoms with Gasteiger partial charge in [-0.2, -0.15) is 0 Å². The molecule has 0 atom stereocenters. The molecule has 0 aliphatic heterocycles. The fraction of sp³-hybridized carbons (Fsp3) is 0.300. The minimum absolute atomic E-state index is 0.226. The number of halogens is 1.